The molecule has 0 spiro atoms. The van der Waals surface area contributed by atoms with Crippen LogP contribution in [0.4, 0.5) is 0 Å². The average Bonchev–Trinajstić information content (AvgIpc) is 3.37. The number of carbonyl (C=O) groups is 1. The van der Waals surface area contributed by atoms with Gasteiger partial charge < -0.3 is 14.6 Å². The molecule has 0 aromatic heterocycles. The second-order valence-corrected chi connectivity index (χ2v) is 12.9. The lowest BCUT2D eigenvalue weighted by Gasteiger charge is -2.20. The number of esters is 1. The average molecular weight is 579 g/mol. The van der Waals surface area contributed by atoms with Crippen LogP contribution in [0.15, 0.2) is 12.7 Å². The van der Waals surface area contributed by atoms with Gasteiger partial charge in [0.25, 0.3) is 0 Å². The topological polar surface area (TPSA) is 55.8 Å². The first-order valence-electron chi connectivity index (χ1n) is 18.3. The zero-order valence-electron chi connectivity index (χ0n) is 27.6. The van der Waals surface area contributed by atoms with E-state index in [0.717, 1.165) is 57.8 Å². The van der Waals surface area contributed by atoms with E-state index in [0.29, 0.717) is 12.8 Å². The first kappa shape index (κ1) is 38.2. The van der Waals surface area contributed by atoms with Crippen molar-refractivity contribution in [2.75, 3.05) is 0 Å². The molecular formula is C37H70O4. The number of hydrogen-bond donors (Lipinski definition) is 1. The highest BCUT2D eigenvalue weighted by Crippen LogP contribution is 2.31. The van der Waals surface area contributed by atoms with Crippen LogP contribution in [0.5, 0.6) is 0 Å². The highest BCUT2D eigenvalue weighted by molar-refractivity contribution is 5.69. The molecule has 4 atom stereocenters. The van der Waals surface area contributed by atoms with Crippen molar-refractivity contribution >= 4 is 5.97 Å². The number of ether oxygens (including phenoxy) is 2. The third-order valence-electron chi connectivity index (χ3n) is 8.93. The molecule has 1 rings (SSSR count). The van der Waals surface area contributed by atoms with Crippen molar-refractivity contribution in [3.8, 4) is 0 Å². The molecule has 1 unspecified atom stereocenters. The molecule has 0 saturated carbocycles. The van der Waals surface area contributed by atoms with Crippen LogP contribution >= 0.6 is 0 Å². The smallest absolute Gasteiger partial charge is 0.306 e. The van der Waals surface area contributed by atoms with Crippen molar-refractivity contribution < 1.29 is 19.4 Å². The summed E-state index contributed by atoms with van der Waals surface area (Å²) in [5, 5.41) is 10.8. The molecule has 242 valence electrons. The fraction of sp³-hybridized carbons (Fsp3) is 0.919. The third kappa shape index (κ3) is 21.5. The molecule has 0 aromatic carbocycles. The van der Waals surface area contributed by atoms with Crippen molar-refractivity contribution in [2.45, 2.75) is 218 Å². The van der Waals surface area contributed by atoms with Gasteiger partial charge in [-0.05, 0) is 32.1 Å². The van der Waals surface area contributed by atoms with Crippen LogP contribution in [0.2, 0.25) is 0 Å². The Kier molecular flexibility index (Phi) is 26.0. The summed E-state index contributed by atoms with van der Waals surface area (Å²) >= 11 is 0. The Morgan fingerprint density at radius 2 is 1.24 bits per heavy atom. The summed E-state index contributed by atoms with van der Waals surface area (Å²) in [6, 6.07) is 0. The Bertz CT molecular complexity index is 591. The van der Waals surface area contributed by atoms with E-state index < -0.39 is 6.10 Å². The second-order valence-electron chi connectivity index (χ2n) is 12.9. The molecular weight excluding hydrogens is 508 g/mol. The van der Waals surface area contributed by atoms with Gasteiger partial charge in [0.05, 0.1) is 18.3 Å². The van der Waals surface area contributed by atoms with Crippen LogP contribution < -0.4 is 0 Å². The van der Waals surface area contributed by atoms with Gasteiger partial charge in [-0.2, -0.15) is 0 Å². The van der Waals surface area contributed by atoms with Crippen molar-refractivity contribution in [2.24, 2.45) is 0 Å². The van der Waals surface area contributed by atoms with E-state index in [-0.39, 0.29) is 24.3 Å². The first-order valence-corrected chi connectivity index (χ1v) is 18.3. The van der Waals surface area contributed by atoms with Gasteiger partial charge in [-0.1, -0.05) is 155 Å². The van der Waals surface area contributed by atoms with Gasteiger partial charge in [0.15, 0.2) is 0 Å². The molecule has 1 aliphatic heterocycles. The van der Waals surface area contributed by atoms with Crippen LogP contribution in [-0.4, -0.2) is 35.5 Å². The van der Waals surface area contributed by atoms with Gasteiger partial charge >= 0.3 is 5.97 Å². The second kappa shape index (κ2) is 27.9. The van der Waals surface area contributed by atoms with Gasteiger partial charge in [0.1, 0.15) is 6.10 Å². The minimum atomic E-state index is -0.462. The monoisotopic (exact) mass is 579 g/mol. The fourth-order valence-electron chi connectivity index (χ4n) is 6.20. The summed E-state index contributed by atoms with van der Waals surface area (Å²) < 4.78 is 12.2. The summed E-state index contributed by atoms with van der Waals surface area (Å²) in [6.07, 6.45) is 34.1. The molecule has 4 nitrogen and oxygen atoms in total. The lowest BCUT2D eigenvalue weighted by Crippen LogP contribution is -2.27. The van der Waals surface area contributed by atoms with E-state index in [2.05, 4.69) is 20.4 Å². The van der Waals surface area contributed by atoms with Gasteiger partial charge in [-0.25, -0.2) is 0 Å². The van der Waals surface area contributed by atoms with E-state index in [4.69, 9.17) is 9.47 Å². The quantitative estimate of drug-likeness (QED) is 0.0523. The van der Waals surface area contributed by atoms with Crippen molar-refractivity contribution in [3.05, 3.63) is 12.7 Å². The molecule has 1 N–H and O–H groups in total. The molecule has 0 bridgehead atoms. The Morgan fingerprint density at radius 1 is 0.756 bits per heavy atom. The summed E-state index contributed by atoms with van der Waals surface area (Å²) in [5.41, 5.74) is 0. The molecule has 1 heterocycles. The number of hydrogen-bond acceptors (Lipinski definition) is 4. The van der Waals surface area contributed by atoms with Gasteiger partial charge in [0.2, 0.25) is 0 Å². The van der Waals surface area contributed by atoms with Crippen molar-refractivity contribution in [1.29, 1.82) is 0 Å². The molecule has 1 fully saturated rings. The maximum absolute atomic E-state index is 12.7. The van der Waals surface area contributed by atoms with Crippen LogP contribution in [0.1, 0.15) is 194 Å². The SMILES string of the molecule is C=CCCCCCCC[C@@H](O)C1C[C@H](OC(=O)CCCCCCCCCCCCCCCCC)[C@H](CCCCC)O1. The summed E-state index contributed by atoms with van der Waals surface area (Å²) in [5.74, 6) is -0.0801. The maximum Gasteiger partial charge on any atom is 0.306 e. The van der Waals surface area contributed by atoms with Gasteiger partial charge in [-0.15, -0.1) is 6.58 Å². The molecule has 41 heavy (non-hydrogen) atoms. The molecule has 0 radical (unpaired) electrons. The van der Waals surface area contributed by atoms with Crippen LogP contribution in [-0.2, 0) is 14.3 Å². The number of unbranched alkanes of at least 4 members (excludes halogenated alkanes) is 21. The number of allylic oxidation sites excluding steroid dienone is 1. The lowest BCUT2D eigenvalue weighted by atomic mass is 10.00. The predicted molar refractivity (Wildman–Crippen MR) is 175 cm³/mol. The molecule has 0 aromatic rings. The predicted octanol–water partition coefficient (Wildman–Crippen LogP) is 11.2. The van der Waals surface area contributed by atoms with Crippen molar-refractivity contribution in [3.63, 3.8) is 0 Å². The maximum atomic E-state index is 12.7. The van der Waals surface area contributed by atoms with E-state index >= 15 is 0 Å². The normalized spacial score (nSPS) is 19.4. The minimum absolute atomic E-state index is 0.0647. The van der Waals surface area contributed by atoms with Crippen LogP contribution in [0.3, 0.4) is 0 Å². The van der Waals surface area contributed by atoms with Crippen molar-refractivity contribution in [1.82, 2.24) is 0 Å². The number of aliphatic hydroxyl groups excluding tert-OH is 1. The Labute approximate surface area is 255 Å². The number of carbonyl (C=O) groups excluding carboxylic acids is 1. The summed E-state index contributed by atoms with van der Waals surface area (Å²) in [4.78, 5) is 12.7. The fourth-order valence-corrected chi connectivity index (χ4v) is 6.20. The Hall–Kier alpha value is -0.870. The molecule has 1 saturated heterocycles. The summed E-state index contributed by atoms with van der Waals surface area (Å²) in [6.45, 7) is 8.27. The standard InChI is InChI=1S/C37H70O4/c1-4-7-10-12-14-15-16-17-18-19-20-21-23-25-28-31-37(39)41-36-32-35(40-34(36)30-26-9-6-3)33(38)29-27-24-22-13-11-8-5-2/h5,33-36,38H,2,4,6-32H2,1,3H3/t33-,34+,35?,36+/m1/s1. The number of rotatable bonds is 30. The van der Waals surface area contributed by atoms with E-state index in [1.807, 2.05) is 6.08 Å². The third-order valence-corrected chi connectivity index (χ3v) is 8.93. The first-order chi connectivity index (χ1) is 20.1. The molecule has 0 aliphatic carbocycles. The lowest BCUT2D eigenvalue weighted by molar-refractivity contribution is -0.152. The van der Waals surface area contributed by atoms with Crippen LogP contribution in [0, 0.1) is 0 Å². The Balaban J connectivity index is 2.15. The zero-order valence-corrected chi connectivity index (χ0v) is 27.6. The zero-order chi connectivity index (χ0) is 29.8. The van der Waals surface area contributed by atoms with E-state index in [1.54, 1.807) is 0 Å². The summed E-state index contributed by atoms with van der Waals surface area (Å²) in [7, 11) is 0. The highest BCUT2D eigenvalue weighted by atomic mass is 16.6. The molecule has 0 amide bonds. The number of aliphatic hydroxyl groups is 1. The highest BCUT2D eigenvalue weighted by Gasteiger charge is 2.40. The van der Waals surface area contributed by atoms with Crippen LogP contribution in [0.25, 0.3) is 0 Å². The van der Waals surface area contributed by atoms with Gasteiger partial charge in [-0.3, -0.25) is 4.79 Å². The minimum Gasteiger partial charge on any atom is -0.459 e. The molecule has 4 heteroatoms. The largest absolute Gasteiger partial charge is 0.459 e. The van der Waals surface area contributed by atoms with E-state index in [1.165, 1.54) is 109 Å². The Morgan fingerprint density at radius 3 is 1.80 bits per heavy atom. The van der Waals surface area contributed by atoms with E-state index in [9.17, 15) is 9.90 Å². The molecule has 1 aliphatic rings. The van der Waals surface area contributed by atoms with Gasteiger partial charge in [0, 0.05) is 12.8 Å².